The number of aliphatic hydroxyl groups excluding tert-OH is 1. The fourth-order valence-electron chi connectivity index (χ4n) is 3.91. The Balaban J connectivity index is 1.95. The van der Waals surface area contributed by atoms with Gasteiger partial charge in [0.1, 0.15) is 0 Å². The van der Waals surface area contributed by atoms with Gasteiger partial charge in [-0.15, -0.1) is 0 Å². The number of hydrogen-bond donors (Lipinski definition) is 2. The van der Waals surface area contributed by atoms with E-state index in [4.69, 9.17) is 0 Å². The van der Waals surface area contributed by atoms with Crippen molar-refractivity contribution in [2.45, 2.75) is 64.5 Å². The van der Waals surface area contributed by atoms with Gasteiger partial charge in [0, 0.05) is 25.2 Å². The summed E-state index contributed by atoms with van der Waals surface area (Å²) in [6, 6.07) is 1.41. The molecule has 3 heteroatoms. The quantitative estimate of drug-likeness (QED) is 0.775. The van der Waals surface area contributed by atoms with E-state index in [0.717, 1.165) is 18.5 Å². The van der Waals surface area contributed by atoms with Crippen LogP contribution in [-0.2, 0) is 0 Å². The van der Waals surface area contributed by atoms with Gasteiger partial charge in [0.15, 0.2) is 0 Å². The van der Waals surface area contributed by atoms with Crippen molar-refractivity contribution in [1.82, 2.24) is 10.2 Å². The monoisotopic (exact) mass is 268 g/mol. The van der Waals surface area contributed by atoms with Crippen LogP contribution < -0.4 is 5.32 Å². The lowest BCUT2D eigenvalue weighted by molar-refractivity contribution is 0.0480. The Morgan fingerprint density at radius 2 is 2.00 bits per heavy atom. The lowest BCUT2D eigenvalue weighted by atomic mass is 9.69. The topological polar surface area (TPSA) is 35.5 Å². The maximum atomic E-state index is 9.30. The Hall–Kier alpha value is -0.120. The molecule has 0 spiro atoms. The summed E-state index contributed by atoms with van der Waals surface area (Å²) in [5.74, 6) is 0.737. The third-order valence-corrected chi connectivity index (χ3v) is 5.33. The molecule has 2 aliphatic rings. The minimum absolute atomic E-state index is 0.302. The van der Waals surface area contributed by atoms with Gasteiger partial charge in [-0.3, -0.25) is 4.90 Å². The van der Waals surface area contributed by atoms with Crippen molar-refractivity contribution in [2.24, 2.45) is 11.3 Å². The van der Waals surface area contributed by atoms with Gasteiger partial charge < -0.3 is 10.4 Å². The summed E-state index contributed by atoms with van der Waals surface area (Å²) in [7, 11) is 2.11. The molecule has 0 aromatic carbocycles. The van der Waals surface area contributed by atoms with Crippen LogP contribution >= 0.6 is 0 Å². The van der Waals surface area contributed by atoms with Gasteiger partial charge in [0.25, 0.3) is 0 Å². The minimum atomic E-state index is 0.302. The van der Waals surface area contributed by atoms with E-state index >= 15 is 0 Å². The second-order valence-corrected chi connectivity index (χ2v) is 7.37. The van der Waals surface area contributed by atoms with Crippen LogP contribution in [0.4, 0.5) is 0 Å². The molecular formula is C16H32N2O. The lowest BCUT2D eigenvalue weighted by Gasteiger charge is -2.45. The highest BCUT2D eigenvalue weighted by Crippen LogP contribution is 2.39. The van der Waals surface area contributed by atoms with Gasteiger partial charge in [-0.1, -0.05) is 20.3 Å². The zero-order valence-electron chi connectivity index (χ0n) is 13.0. The molecule has 0 saturated heterocycles. The maximum absolute atomic E-state index is 9.30. The first-order chi connectivity index (χ1) is 9.05. The summed E-state index contributed by atoms with van der Waals surface area (Å²) in [6.45, 7) is 7.15. The van der Waals surface area contributed by atoms with Crippen molar-refractivity contribution >= 4 is 0 Å². The van der Waals surface area contributed by atoms with E-state index in [1.54, 1.807) is 0 Å². The Morgan fingerprint density at radius 3 is 2.53 bits per heavy atom. The smallest absolute Gasteiger partial charge is 0.0558 e. The van der Waals surface area contributed by atoms with Crippen LogP contribution in [-0.4, -0.2) is 48.8 Å². The zero-order valence-corrected chi connectivity index (χ0v) is 13.0. The van der Waals surface area contributed by atoms with Crippen molar-refractivity contribution in [2.75, 3.05) is 26.7 Å². The molecule has 19 heavy (non-hydrogen) atoms. The molecule has 0 heterocycles. The van der Waals surface area contributed by atoms with E-state index < -0.39 is 0 Å². The van der Waals surface area contributed by atoms with Crippen LogP contribution in [0.2, 0.25) is 0 Å². The number of hydrogen-bond acceptors (Lipinski definition) is 3. The number of nitrogens with zero attached hydrogens (tertiary/aromatic N) is 1. The van der Waals surface area contributed by atoms with Crippen LogP contribution in [0, 0.1) is 11.3 Å². The highest BCUT2D eigenvalue weighted by atomic mass is 16.3. The van der Waals surface area contributed by atoms with E-state index in [-0.39, 0.29) is 0 Å². The predicted octanol–water partition coefficient (Wildman–Crippen LogP) is 2.25. The van der Waals surface area contributed by atoms with E-state index in [1.807, 2.05) is 0 Å². The highest BCUT2D eigenvalue weighted by Gasteiger charge is 2.36. The molecule has 0 aromatic heterocycles. The molecule has 2 rings (SSSR count). The molecule has 2 saturated carbocycles. The fourth-order valence-corrected chi connectivity index (χ4v) is 3.91. The third-order valence-electron chi connectivity index (χ3n) is 5.33. The Labute approximate surface area is 118 Å². The molecule has 0 bridgehead atoms. The largest absolute Gasteiger partial charge is 0.395 e. The average molecular weight is 268 g/mol. The number of rotatable bonds is 6. The van der Waals surface area contributed by atoms with Crippen molar-refractivity contribution in [1.29, 1.82) is 0 Å². The molecule has 2 N–H and O–H groups in total. The van der Waals surface area contributed by atoms with Gasteiger partial charge in [0.05, 0.1) is 6.61 Å². The molecular weight excluding hydrogens is 236 g/mol. The Morgan fingerprint density at radius 1 is 1.26 bits per heavy atom. The second-order valence-electron chi connectivity index (χ2n) is 7.37. The first kappa shape index (κ1) is 15.3. The molecule has 0 amide bonds. The number of aliphatic hydroxyl groups is 1. The van der Waals surface area contributed by atoms with Crippen LogP contribution in [0.5, 0.6) is 0 Å². The first-order valence-corrected chi connectivity index (χ1v) is 8.08. The molecule has 112 valence electrons. The standard InChI is InChI=1S/C16H32N2O/c1-16(2)8-7-15(17-3)13(11-16)12-18(9-10-19)14-5-4-6-14/h13-15,17,19H,4-12H2,1-3H3. The van der Waals surface area contributed by atoms with Gasteiger partial charge in [-0.25, -0.2) is 0 Å². The summed E-state index contributed by atoms with van der Waals surface area (Å²) in [4.78, 5) is 2.56. The van der Waals surface area contributed by atoms with Gasteiger partial charge in [-0.05, 0) is 50.5 Å². The molecule has 0 aromatic rings. The second kappa shape index (κ2) is 6.55. The summed E-state index contributed by atoms with van der Waals surface area (Å²) in [5, 5.41) is 12.8. The fraction of sp³-hybridized carbons (Fsp3) is 1.00. The van der Waals surface area contributed by atoms with Crippen LogP contribution in [0.3, 0.4) is 0 Å². The molecule has 2 aliphatic carbocycles. The SMILES string of the molecule is CNC1CCC(C)(C)CC1CN(CCO)C1CCC1. The first-order valence-electron chi connectivity index (χ1n) is 8.08. The van der Waals surface area contributed by atoms with E-state index in [2.05, 4.69) is 31.1 Å². The predicted molar refractivity (Wildman–Crippen MR) is 80.3 cm³/mol. The van der Waals surface area contributed by atoms with Gasteiger partial charge in [-0.2, -0.15) is 0 Å². The van der Waals surface area contributed by atoms with Crippen LogP contribution in [0.15, 0.2) is 0 Å². The molecule has 2 unspecified atom stereocenters. The molecule has 0 radical (unpaired) electrons. The Bertz CT molecular complexity index is 276. The average Bonchev–Trinajstić information content (AvgIpc) is 2.26. The van der Waals surface area contributed by atoms with E-state index in [0.29, 0.717) is 18.1 Å². The lowest BCUT2D eigenvalue weighted by Crippen LogP contribution is -2.50. The minimum Gasteiger partial charge on any atom is -0.395 e. The molecule has 3 nitrogen and oxygen atoms in total. The maximum Gasteiger partial charge on any atom is 0.0558 e. The molecule has 0 aliphatic heterocycles. The van der Waals surface area contributed by atoms with Gasteiger partial charge in [0.2, 0.25) is 0 Å². The summed E-state index contributed by atoms with van der Waals surface area (Å²) < 4.78 is 0. The van der Waals surface area contributed by atoms with E-state index in [1.165, 1.54) is 45.1 Å². The van der Waals surface area contributed by atoms with Crippen molar-refractivity contribution < 1.29 is 5.11 Å². The number of nitrogens with one attached hydrogen (secondary N) is 1. The summed E-state index contributed by atoms with van der Waals surface area (Å²) in [6.07, 6.45) is 7.98. The molecule has 2 fully saturated rings. The van der Waals surface area contributed by atoms with Crippen molar-refractivity contribution in [3.8, 4) is 0 Å². The van der Waals surface area contributed by atoms with Crippen LogP contribution in [0.1, 0.15) is 52.4 Å². The summed E-state index contributed by atoms with van der Waals surface area (Å²) >= 11 is 0. The third kappa shape index (κ3) is 3.93. The molecule has 2 atom stereocenters. The summed E-state index contributed by atoms with van der Waals surface area (Å²) in [5.41, 5.74) is 0.489. The Kier molecular flexibility index (Phi) is 5.27. The van der Waals surface area contributed by atoms with Crippen LogP contribution in [0.25, 0.3) is 0 Å². The zero-order chi connectivity index (χ0) is 13.9. The highest BCUT2D eigenvalue weighted by molar-refractivity contribution is 4.91. The van der Waals surface area contributed by atoms with Crippen molar-refractivity contribution in [3.63, 3.8) is 0 Å². The van der Waals surface area contributed by atoms with E-state index in [9.17, 15) is 5.11 Å². The van der Waals surface area contributed by atoms with Gasteiger partial charge >= 0.3 is 0 Å². The van der Waals surface area contributed by atoms with Crippen molar-refractivity contribution in [3.05, 3.63) is 0 Å². The normalized spacial score (nSPS) is 31.4.